The normalized spacial score (nSPS) is 15.9. The van der Waals surface area contributed by atoms with Gasteiger partial charge in [0, 0.05) is 20.2 Å². The largest absolute Gasteiger partial charge is 0.480 e. The SMILES string of the molecule is CCC[C@@H](NC(=O)N(C)CCOCC1CC1)C(=O)O. The van der Waals surface area contributed by atoms with E-state index < -0.39 is 12.0 Å². The molecule has 2 N–H and O–H groups in total. The summed E-state index contributed by atoms with van der Waals surface area (Å²) in [4.78, 5) is 24.2. The van der Waals surface area contributed by atoms with E-state index in [4.69, 9.17) is 9.84 Å². The summed E-state index contributed by atoms with van der Waals surface area (Å²) in [6.07, 6.45) is 3.64. The van der Waals surface area contributed by atoms with Gasteiger partial charge in [0.1, 0.15) is 6.04 Å². The molecule has 6 heteroatoms. The minimum atomic E-state index is -0.992. The van der Waals surface area contributed by atoms with E-state index in [1.807, 2.05) is 6.92 Å². The summed E-state index contributed by atoms with van der Waals surface area (Å²) in [5.74, 6) is -0.284. The molecule has 0 radical (unpaired) electrons. The molecule has 1 aliphatic carbocycles. The molecule has 2 amide bonds. The molecule has 1 rings (SSSR count). The van der Waals surface area contributed by atoms with Gasteiger partial charge >= 0.3 is 12.0 Å². The van der Waals surface area contributed by atoms with Gasteiger partial charge in [-0.15, -0.1) is 0 Å². The number of hydrogen-bond acceptors (Lipinski definition) is 3. The second kappa shape index (κ2) is 7.99. The maximum Gasteiger partial charge on any atom is 0.326 e. The smallest absolute Gasteiger partial charge is 0.326 e. The number of nitrogens with zero attached hydrogens (tertiary/aromatic N) is 1. The third-order valence-electron chi connectivity index (χ3n) is 3.14. The molecule has 0 unspecified atom stereocenters. The van der Waals surface area contributed by atoms with Crippen LogP contribution in [0, 0.1) is 5.92 Å². The second-order valence-corrected chi connectivity index (χ2v) is 5.07. The first-order valence-corrected chi connectivity index (χ1v) is 6.86. The fourth-order valence-electron chi connectivity index (χ4n) is 1.64. The number of likely N-dealkylation sites (N-methyl/N-ethyl adjacent to an activating group) is 1. The minimum absolute atomic E-state index is 0.365. The molecule has 1 fully saturated rings. The van der Waals surface area contributed by atoms with Gasteiger partial charge in [0.25, 0.3) is 0 Å². The minimum Gasteiger partial charge on any atom is -0.480 e. The number of nitrogens with one attached hydrogen (secondary N) is 1. The summed E-state index contributed by atoms with van der Waals surface area (Å²) < 4.78 is 5.44. The van der Waals surface area contributed by atoms with Gasteiger partial charge in [-0.05, 0) is 25.2 Å². The van der Waals surface area contributed by atoms with Crippen LogP contribution in [0.5, 0.6) is 0 Å². The van der Waals surface area contributed by atoms with Crippen LogP contribution in [0.25, 0.3) is 0 Å². The van der Waals surface area contributed by atoms with E-state index in [9.17, 15) is 9.59 Å². The van der Waals surface area contributed by atoms with Crippen molar-refractivity contribution in [3.8, 4) is 0 Å². The average Bonchev–Trinajstić information content (AvgIpc) is 3.17. The van der Waals surface area contributed by atoms with E-state index >= 15 is 0 Å². The first-order chi connectivity index (χ1) is 9.04. The fraction of sp³-hybridized carbons (Fsp3) is 0.846. The van der Waals surface area contributed by atoms with Gasteiger partial charge < -0.3 is 20.1 Å². The van der Waals surface area contributed by atoms with Crippen LogP contribution in [0.4, 0.5) is 4.79 Å². The van der Waals surface area contributed by atoms with Gasteiger partial charge in [-0.3, -0.25) is 0 Å². The molecule has 110 valence electrons. The van der Waals surface area contributed by atoms with Crippen molar-refractivity contribution in [2.24, 2.45) is 5.92 Å². The lowest BCUT2D eigenvalue weighted by Crippen LogP contribution is -2.47. The number of rotatable bonds is 9. The molecule has 19 heavy (non-hydrogen) atoms. The van der Waals surface area contributed by atoms with Crippen LogP contribution < -0.4 is 5.32 Å². The van der Waals surface area contributed by atoms with Gasteiger partial charge in [0.15, 0.2) is 0 Å². The molecule has 0 aromatic carbocycles. The number of carboxylic acid groups (broad SMARTS) is 1. The predicted octanol–water partition coefficient (Wildman–Crippen LogP) is 1.31. The molecule has 0 bridgehead atoms. The maximum absolute atomic E-state index is 11.8. The maximum atomic E-state index is 11.8. The van der Waals surface area contributed by atoms with Crippen LogP contribution >= 0.6 is 0 Å². The molecule has 0 saturated heterocycles. The van der Waals surface area contributed by atoms with Crippen molar-refractivity contribution in [2.75, 3.05) is 26.8 Å². The van der Waals surface area contributed by atoms with Crippen LogP contribution in [-0.2, 0) is 9.53 Å². The monoisotopic (exact) mass is 272 g/mol. The van der Waals surface area contributed by atoms with E-state index in [-0.39, 0.29) is 6.03 Å². The lowest BCUT2D eigenvalue weighted by Gasteiger charge is -2.21. The number of aliphatic carboxylic acids is 1. The molecular formula is C13H24N2O4. The Balaban J connectivity index is 2.19. The zero-order valence-corrected chi connectivity index (χ0v) is 11.7. The highest BCUT2D eigenvalue weighted by Gasteiger charge is 2.22. The Morgan fingerprint density at radius 2 is 2.16 bits per heavy atom. The van der Waals surface area contributed by atoms with Crippen LogP contribution in [0.15, 0.2) is 0 Å². The van der Waals surface area contributed by atoms with E-state index in [0.717, 1.165) is 6.61 Å². The second-order valence-electron chi connectivity index (χ2n) is 5.07. The molecule has 0 spiro atoms. The number of urea groups is 1. The third-order valence-corrected chi connectivity index (χ3v) is 3.14. The zero-order chi connectivity index (χ0) is 14.3. The van der Waals surface area contributed by atoms with Crippen LogP contribution in [0.1, 0.15) is 32.6 Å². The topological polar surface area (TPSA) is 78.9 Å². The number of hydrogen-bond donors (Lipinski definition) is 2. The zero-order valence-electron chi connectivity index (χ0n) is 11.7. The highest BCUT2D eigenvalue weighted by molar-refractivity contribution is 5.82. The van der Waals surface area contributed by atoms with Gasteiger partial charge in [0.05, 0.1) is 6.61 Å². The van der Waals surface area contributed by atoms with Crippen molar-refractivity contribution >= 4 is 12.0 Å². The molecule has 0 aromatic heterocycles. The lowest BCUT2D eigenvalue weighted by molar-refractivity contribution is -0.139. The first kappa shape index (κ1) is 15.8. The number of carbonyl (C=O) groups excluding carboxylic acids is 1. The van der Waals surface area contributed by atoms with Crippen molar-refractivity contribution in [3.63, 3.8) is 0 Å². The standard InChI is InChI=1S/C13H24N2O4/c1-3-4-11(12(16)17)14-13(18)15(2)7-8-19-9-10-5-6-10/h10-11H,3-9H2,1-2H3,(H,14,18)(H,16,17)/t11-/m1/s1. The van der Waals surface area contributed by atoms with E-state index in [1.165, 1.54) is 17.7 Å². The summed E-state index contributed by atoms with van der Waals surface area (Å²) in [5.41, 5.74) is 0. The quantitative estimate of drug-likeness (QED) is 0.620. The third kappa shape index (κ3) is 6.42. The fourth-order valence-corrected chi connectivity index (χ4v) is 1.64. The van der Waals surface area contributed by atoms with Gasteiger partial charge in [0.2, 0.25) is 0 Å². The Hall–Kier alpha value is -1.30. The Kier molecular flexibility index (Phi) is 6.62. The Morgan fingerprint density at radius 1 is 1.47 bits per heavy atom. The molecular weight excluding hydrogens is 248 g/mol. The summed E-state index contributed by atoms with van der Waals surface area (Å²) in [6.45, 7) is 3.61. The Labute approximate surface area is 114 Å². The lowest BCUT2D eigenvalue weighted by atomic mass is 10.2. The first-order valence-electron chi connectivity index (χ1n) is 6.86. The van der Waals surface area contributed by atoms with Crippen molar-refractivity contribution in [2.45, 2.75) is 38.6 Å². The van der Waals surface area contributed by atoms with E-state index in [2.05, 4.69) is 5.32 Å². The molecule has 1 atom stereocenters. The van der Waals surface area contributed by atoms with Crippen LogP contribution in [0.2, 0.25) is 0 Å². The molecule has 1 saturated carbocycles. The van der Waals surface area contributed by atoms with Crippen molar-refractivity contribution in [1.82, 2.24) is 10.2 Å². The van der Waals surface area contributed by atoms with E-state index in [1.54, 1.807) is 7.05 Å². The van der Waals surface area contributed by atoms with Crippen molar-refractivity contribution in [3.05, 3.63) is 0 Å². The number of carboxylic acids is 1. The highest BCUT2D eigenvalue weighted by Crippen LogP contribution is 2.28. The summed E-state index contributed by atoms with van der Waals surface area (Å²) >= 11 is 0. The van der Waals surface area contributed by atoms with Crippen molar-refractivity contribution < 1.29 is 19.4 Å². The Morgan fingerprint density at radius 3 is 2.68 bits per heavy atom. The van der Waals surface area contributed by atoms with Crippen LogP contribution in [0.3, 0.4) is 0 Å². The van der Waals surface area contributed by atoms with Gasteiger partial charge in [-0.25, -0.2) is 9.59 Å². The van der Waals surface area contributed by atoms with Crippen molar-refractivity contribution in [1.29, 1.82) is 0 Å². The average molecular weight is 272 g/mol. The summed E-state index contributed by atoms with van der Waals surface area (Å²) in [6, 6.07) is -1.18. The van der Waals surface area contributed by atoms with Gasteiger partial charge in [-0.1, -0.05) is 13.3 Å². The number of amides is 2. The Bertz CT molecular complexity index is 305. The molecule has 0 aliphatic heterocycles. The molecule has 0 heterocycles. The number of carbonyl (C=O) groups is 2. The molecule has 0 aromatic rings. The highest BCUT2D eigenvalue weighted by atomic mass is 16.5. The number of ether oxygens (including phenoxy) is 1. The van der Waals surface area contributed by atoms with Gasteiger partial charge in [-0.2, -0.15) is 0 Å². The summed E-state index contributed by atoms with van der Waals surface area (Å²) in [7, 11) is 1.64. The summed E-state index contributed by atoms with van der Waals surface area (Å²) in [5, 5.41) is 11.5. The van der Waals surface area contributed by atoms with Crippen LogP contribution in [-0.4, -0.2) is 54.9 Å². The predicted molar refractivity (Wildman–Crippen MR) is 71.0 cm³/mol. The molecule has 6 nitrogen and oxygen atoms in total. The molecule has 1 aliphatic rings. The van der Waals surface area contributed by atoms with E-state index in [0.29, 0.717) is 31.9 Å².